The first-order valence-electron chi connectivity index (χ1n) is 8.11. The molecule has 23 heavy (non-hydrogen) atoms. The second kappa shape index (κ2) is 7.59. The predicted molar refractivity (Wildman–Crippen MR) is 89.0 cm³/mol. The van der Waals surface area contributed by atoms with Crippen molar-refractivity contribution in [1.82, 2.24) is 20.5 Å². The van der Waals surface area contributed by atoms with Gasteiger partial charge in [0.1, 0.15) is 12.2 Å². The smallest absolute Gasteiger partial charge is 0.220 e. The number of rotatable bonds is 6. The average molecular weight is 333 g/mol. The lowest BCUT2D eigenvalue weighted by Crippen LogP contribution is -2.33. The van der Waals surface area contributed by atoms with Crippen LogP contribution < -0.4 is 5.32 Å². The molecule has 0 saturated heterocycles. The van der Waals surface area contributed by atoms with Gasteiger partial charge in [-0.3, -0.25) is 9.89 Å². The van der Waals surface area contributed by atoms with E-state index in [1.165, 1.54) is 19.2 Å². The minimum atomic E-state index is 0.0493. The van der Waals surface area contributed by atoms with Crippen LogP contribution in [0.1, 0.15) is 49.5 Å². The molecule has 1 fully saturated rings. The zero-order valence-electron chi connectivity index (χ0n) is 13.0. The highest BCUT2D eigenvalue weighted by molar-refractivity contribution is 6.30. The summed E-state index contributed by atoms with van der Waals surface area (Å²) in [6.07, 6.45) is 7.24. The third kappa shape index (κ3) is 4.32. The van der Waals surface area contributed by atoms with E-state index in [0.29, 0.717) is 18.8 Å². The Balaban J connectivity index is 1.65. The molecule has 0 spiro atoms. The van der Waals surface area contributed by atoms with Crippen molar-refractivity contribution in [2.45, 2.75) is 44.6 Å². The molecule has 0 aliphatic heterocycles. The fraction of sp³-hybridized carbons (Fsp3) is 0.471. The number of nitrogens with one attached hydrogen (secondary N) is 2. The summed E-state index contributed by atoms with van der Waals surface area (Å²) in [5.41, 5.74) is 1.13. The molecule has 1 aromatic carbocycles. The van der Waals surface area contributed by atoms with E-state index in [0.717, 1.165) is 29.3 Å². The lowest BCUT2D eigenvalue weighted by Gasteiger charge is -2.25. The number of aromatic nitrogens is 3. The fourth-order valence-electron chi connectivity index (χ4n) is 3.26. The van der Waals surface area contributed by atoms with Gasteiger partial charge in [0.2, 0.25) is 5.91 Å². The van der Waals surface area contributed by atoms with Crippen LogP contribution in [0.4, 0.5) is 0 Å². The van der Waals surface area contributed by atoms with Crippen LogP contribution in [0.15, 0.2) is 30.6 Å². The van der Waals surface area contributed by atoms with Gasteiger partial charge in [-0.05, 0) is 36.5 Å². The van der Waals surface area contributed by atoms with E-state index >= 15 is 0 Å². The van der Waals surface area contributed by atoms with Crippen molar-refractivity contribution in [3.8, 4) is 0 Å². The standard InChI is InChI=1S/C17H21ClN4O/c18-14-7-5-13(6-8-14)17(12-3-1-2-4-12)21-16(23)10-9-15-19-11-20-22-15/h5-8,11-12,17H,1-4,9-10H2,(H,21,23)(H,19,20,22)/t17-/m1/s1. The number of carbonyl (C=O) groups is 1. The number of nitrogens with zero attached hydrogens (tertiary/aromatic N) is 2. The summed E-state index contributed by atoms with van der Waals surface area (Å²) in [6, 6.07) is 7.88. The Kier molecular flexibility index (Phi) is 5.28. The van der Waals surface area contributed by atoms with Gasteiger partial charge in [0, 0.05) is 17.9 Å². The number of benzene rings is 1. The summed E-state index contributed by atoms with van der Waals surface area (Å²) < 4.78 is 0. The van der Waals surface area contributed by atoms with Crippen LogP contribution in [0.2, 0.25) is 5.02 Å². The van der Waals surface area contributed by atoms with E-state index in [9.17, 15) is 4.79 Å². The molecule has 1 aliphatic carbocycles. The van der Waals surface area contributed by atoms with Crippen LogP contribution in [0.25, 0.3) is 0 Å². The third-order valence-corrected chi connectivity index (χ3v) is 4.72. The van der Waals surface area contributed by atoms with Crippen molar-refractivity contribution < 1.29 is 4.79 Å². The van der Waals surface area contributed by atoms with E-state index in [4.69, 9.17) is 11.6 Å². The summed E-state index contributed by atoms with van der Waals surface area (Å²) >= 11 is 5.98. The summed E-state index contributed by atoms with van der Waals surface area (Å²) in [7, 11) is 0. The minimum absolute atomic E-state index is 0.0493. The molecule has 2 aromatic rings. The maximum absolute atomic E-state index is 12.3. The monoisotopic (exact) mass is 332 g/mol. The van der Waals surface area contributed by atoms with Gasteiger partial charge in [0.15, 0.2) is 0 Å². The Bertz CT molecular complexity index is 621. The van der Waals surface area contributed by atoms with Crippen LogP contribution in [0.3, 0.4) is 0 Å². The zero-order chi connectivity index (χ0) is 16.1. The van der Waals surface area contributed by atoms with Crippen molar-refractivity contribution in [3.05, 3.63) is 47.0 Å². The normalized spacial score (nSPS) is 16.4. The molecule has 1 aromatic heterocycles. The molecule has 0 bridgehead atoms. The first kappa shape index (κ1) is 16.0. The van der Waals surface area contributed by atoms with Crippen molar-refractivity contribution in [1.29, 1.82) is 0 Å². The number of amides is 1. The molecule has 5 nitrogen and oxygen atoms in total. The maximum atomic E-state index is 12.3. The largest absolute Gasteiger partial charge is 0.349 e. The summed E-state index contributed by atoms with van der Waals surface area (Å²) in [4.78, 5) is 16.4. The topological polar surface area (TPSA) is 70.7 Å². The molecule has 1 saturated carbocycles. The lowest BCUT2D eigenvalue weighted by atomic mass is 9.91. The molecule has 1 atom stereocenters. The molecule has 1 amide bonds. The van der Waals surface area contributed by atoms with E-state index in [1.807, 2.05) is 24.3 Å². The van der Waals surface area contributed by atoms with Crippen LogP contribution in [-0.4, -0.2) is 21.1 Å². The second-order valence-electron chi connectivity index (χ2n) is 6.07. The van der Waals surface area contributed by atoms with Gasteiger partial charge in [-0.2, -0.15) is 5.10 Å². The number of hydrogen-bond acceptors (Lipinski definition) is 3. The van der Waals surface area contributed by atoms with Crippen molar-refractivity contribution in [2.24, 2.45) is 5.92 Å². The zero-order valence-corrected chi connectivity index (χ0v) is 13.7. The molecule has 0 unspecified atom stereocenters. The Morgan fingerprint density at radius 3 is 2.70 bits per heavy atom. The quantitative estimate of drug-likeness (QED) is 0.851. The number of H-pyrrole nitrogens is 1. The molecule has 2 N–H and O–H groups in total. The summed E-state index contributed by atoms with van der Waals surface area (Å²) in [5, 5.41) is 10.5. The van der Waals surface area contributed by atoms with Crippen LogP contribution in [0.5, 0.6) is 0 Å². The molecule has 0 radical (unpaired) electrons. The minimum Gasteiger partial charge on any atom is -0.349 e. The maximum Gasteiger partial charge on any atom is 0.220 e. The Labute approximate surface area is 140 Å². The molecule has 6 heteroatoms. The van der Waals surface area contributed by atoms with Gasteiger partial charge in [0.25, 0.3) is 0 Å². The first-order valence-corrected chi connectivity index (χ1v) is 8.49. The summed E-state index contributed by atoms with van der Waals surface area (Å²) in [6.45, 7) is 0. The van der Waals surface area contributed by atoms with Crippen LogP contribution >= 0.6 is 11.6 Å². The highest BCUT2D eigenvalue weighted by Gasteiger charge is 2.27. The molecular weight excluding hydrogens is 312 g/mol. The van der Waals surface area contributed by atoms with Gasteiger partial charge < -0.3 is 5.32 Å². The van der Waals surface area contributed by atoms with E-state index in [1.54, 1.807) is 0 Å². The number of carbonyl (C=O) groups excluding carboxylic acids is 1. The lowest BCUT2D eigenvalue weighted by molar-refractivity contribution is -0.122. The van der Waals surface area contributed by atoms with Gasteiger partial charge >= 0.3 is 0 Å². The molecule has 1 heterocycles. The molecule has 1 aliphatic rings. The second-order valence-corrected chi connectivity index (χ2v) is 6.51. The van der Waals surface area contributed by atoms with E-state index in [-0.39, 0.29) is 11.9 Å². The fourth-order valence-corrected chi connectivity index (χ4v) is 3.39. The Morgan fingerprint density at radius 2 is 2.04 bits per heavy atom. The van der Waals surface area contributed by atoms with Crippen molar-refractivity contribution in [3.63, 3.8) is 0 Å². The van der Waals surface area contributed by atoms with E-state index < -0.39 is 0 Å². The molecular formula is C17H21ClN4O. The summed E-state index contributed by atoms with van der Waals surface area (Å²) in [5.74, 6) is 1.29. The number of aryl methyl sites for hydroxylation is 1. The highest BCUT2D eigenvalue weighted by atomic mass is 35.5. The van der Waals surface area contributed by atoms with Gasteiger partial charge in [-0.1, -0.05) is 36.6 Å². The predicted octanol–water partition coefficient (Wildman–Crippen LogP) is 3.44. The van der Waals surface area contributed by atoms with Crippen molar-refractivity contribution in [2.75, 3.05) is 0 Å². The number of aromatic amines is 1. The Hall–Kier alpha value is -1.88. The van der Waals surface area contributed by atoms with Gasteiger partial charge in [-0.25, -0.2) is 4.98 Å². The highest BCUT2D eigenvalue weighted by Crippen LogP contribution is 2.36. The first-order chi connectivity index (χ1) is 11.2. The Morgan fingerprint density at radius 1 is 1.30 bits per heavy atom. The third-order valence-electron chi connectivity index (χ3n) is 4.47. The van der Waals surface area contributed by atoms with Gasteiger partial charge in [0.05, 0.1) is 6.04 Å². The van der Waals surface area contributed by atoms with Crippen LogP contribution in [-0.2, 0) is 11.2 Å². The molecule has 3 rings (SSSR count). The number of hydrogen-bond donors (Lipinski definition) is 2. The average Bonchev–Trinajstić information content (AvgIpc) is 3.25. The van der Waals surface area contributed by atoms with Crippen LogP contribution in [0, 0.1) is 5.92 Å². The van der Waals surface area contributed by atoms with Crippen molar-refractivity contribution >= 4 is 17.5 Å². The molecule has 122 valence electrons. The van der Waals surface area contributed by atoms with Gasteiger partial charge in [-0.15, -0.1) is 0 Å². The number of halogens is 1. The SMILES string of the molecule is O=C(CCc1ncn[nH]1)N[C@@H](c1ccc(Cl)cc1)C1CCCC1. The van der Waals surface area contributed by atoms with E-state index in [2.05, 4.69) is 20.5 Å².